The van der Waals surface area contributed by atoms with Crippen molar-refractivity contribution in [3.05, 3.63) is 54.2 Å². The van der Waals surface area contributed by atoms with E-state index < -0.39 is 0 Å². The smallest absolute Gasteiger partial charge is 0.110 e. The second-order valence-corrected chi connectivity index (χ2v) is 5.01. The number of aromatic nitrogens is 3. The van der Waals surface area contributed by atoms with Crippen LogP contribution in [0.4, 0.5) is 0 Å². The lowest BCUT2D eigenvalue weighted by molar-refractivity contribution is 0.660. The van der Waals surface area contributed by atoms with Crippen LogP contribution in [0.3, 0.4) is 0 Å². The standard InChI is InChI=1S/C15H18N4/c1-18-7-5-12-9-11(3-4-14(12)18)13(16)10-15-17-6-8-19(15)2/h3-9,13H,10,16H2,1-2H3. The van der Waals surface area contributed by atoms with Crippen LogP contribution in [0.5, 0.6) is 0 Å². The Labute approximate surface area is 112 Å². The average molecular weight is 254 g/mol. The Kier molecular flexibility index (Phi) is 2.87. The molecule has 19 heavy (non-hydrogen) atoms. The summed E-state index contributed by atoms with van der Waals surface area (Å²) in [6.07, 6.45) is 6.57. The highest BCUT2D eigenvalue weighted by Gasteiger charge is 2.11. The maximum absolute atomic E-state index is 6.29. The molecule has 0 aliphatic heterocycles. The van der Waals surface area contributed by atoms with Crippen LogP contribution in [0, 0.1) is 0 Å². The molecular weight excluding hydrogens is 236 g/mol. The van der Waals surface area contributed by atoms with Gasteiger partial charge in [0.1, 0.15) is 5.82 Å². The molecule has 2 heterocycles. The molecule has 3 aromatic rings. The first-order valence-corrected chi connectivity index (χ1v) is 6.42. The average Bonchev–Trinajstić information content (AvgIpc) is 2.97. The first-order valence-electron chi connectivity index (χ1n) is 6.42. The third-order valence-corrected chi connectivity index (χ3v) is 3.66. The van der Waals surface area contributed by atoms with E-state index in [-0.39, 0.29) is 6.04 Å². The van der Waals surface area contributed by atoms with E-state index in [9.17, 15) is 0 Å². The van der Waals surface area contributed by atoms with E-state index in [4.69, 9.17) is 5.73 Å². The van der Waals surface area contributed by atoms with Gasteiger partial charge in [0.15, 0.2) is 0 Å². The van der Waals surface area contributed by atoms with Crippen LogP contribution in [0.25, 0.3) is 10.9 Å². The zero-order chi connectivity index (χ0) is 13.4. The minimum Gasteiger partial charge on any atom is -0.351 e. The summed E-state index contributed by atoms with van der Waals surface area (Å²) < 4.78 is 4.13. The summed E-state index contributed by atoms with van der Waals surface area (Å²) in [5.74, 6) is 1.01. The van der Waals surface area contributed by atoms with Crippen molar-refractivity contribution in [3.8, 4) is 0 Å². The summed E-state index contributed by atoms with van der Waals surface area (Å²) in [6.45, 7) is 0. The predicted octanol–water partition coefficient (Wildman–Crippen LogP) is 2.15. The number of hydrogen-bond acceptors (Lipinski definition) is 2. The molecule has 98 valence electrons. The van der Waals surface area contributed by atoms with E-state index in [1.165, 1.54) is 10.9 Å². The molecule has 0 bridgehead atoms. The third-order valence-electron chi connectivity index (χ3n) is 3.66. The molecular formula is C15H18N4. The Hall–Kier alpha value is -2.07. The first kappa shape index (κ1) is 12.0. The quantitative estimate of drug-likeness (QED) is 0.778. The Balaban J connectivity index is 1.89. The number of aryl methyl sites for hydroxylation is 2. The van der Waals surface area contributed by atoms with Crippen LogP contribution in [-0.4, -0.2) is 14.1 Å². The summed E-state index contributed by atoms with van der Waals surface area (Å²) in [5, 5.41) is 1.23. The number of nitrogens with two attached hydrogens (primary N) is 1. The van der Waals surface area contributed by atoms with Gasteiger partial charge in [-0.2, -0.15) is 0 Å². The fourth-order valence-corrected chi connectivity index (χ4v) is 2.44. The fraction of sp³-hybridized carbons (Fsp3) is 0.267. The number of rotatable bonds is 3. The molecule has 0 spiro atoms. The van der Waals surface area contributed by atoms with Crippen molar-refractivity contribution in [3.63, 3.8) is 0 Å². The lowest BCUT2D eigenvalue weighted by atomic mass is 10.0. The van der Waals surface area contributed by atoms with Crippen molar-refractivity contribution in [2.24, 2.45) is 19.8 Å². The van der Waals surface area contributed by atoms with Gasteiger partial charge in [0, 0.05) is 50.7 Å². The van der Waals surface area contributed by atoms with E-state index in [0.29, 0.717) is 0 Å². The van der Waals surface area contributed by atoms with Gasteiger partial charge in [0.2, 0.25) is 0 Å². The monoisotopic (exact) mass is 254 g/mol. The largest absolute Gasteiger partial charge is 0.351 e. The molecule has 1 unspecified atom stereocenters. The van der Waals surface area contributed by atoms with Crippen molar-refractivity contribution in [2.45, 2.75) is 12.5 Å². The number of benzene rings is 1. The fourth-order valence-electron chi connectivity index (χ4n) is 2.44. The molecule has 0 saturated heterocycles. The van der Waals surface area contributed by atoms with E-state index in [1.807, 2.05) is 24.0 Å². The number of fused-ring (bicyclic) bond motifs is 1. The Morgan fingerprint density at radius 3 is 2.74 bits per heavy atom. The SMILES string of the molecule is Cn1ccnc1CC(N)c1ccc2c(ccn2C)c1. The van der Waals surface area contributed by atoms with Gasteiger partial charge in [-0.25, -0.2) is 4.98 Å². The van der Waals surface area contributed by atoms with Gasteiger partial charge < -0.3 is 14.9 Å². The van der Waals surface area contributed by atoms with Gasteiger partial charge in [-0.3, -0.25) is 0 Å². The maximum atomic E-state index is 6.29. The van der Waals surface area contributed by atoms with E-state index in [0.717, 1.165) is 17.8 Å². The molecule has 2 N–H and O–H groups in total. The second-order valence-electron chi connectivity index (χ2n) is 5.01. The highest BCUT2D eigenvalue weighted by molar-refractivity contribution is 5.80. The van der Waals surface area contributed by atoms with Gasteiger partial charge in [0.05, 0.1) is 0 Å². The number of imidazole rings is 1. The van der Waals surface area contributed by atoms with E-state index in [2.05, 4.69) is 47.1 Å². The summed E-state index contributed by atoms with van der Waals surface area (Å²) in [6, 6.07) is 8.50. The van der Waals surface area contributed by atoms with Gasteiger partial charge in [0.25, 0.3) is 0 Å². The zero-order valence-electron chi connectivity index (χ0n) is 11.2. The van der Waals surface area contributed by atoms with Gasteiger partial charge in [-0.15, -0.1) is 0 Å². The van der Waals surface area contributed by atoms with Crippen LogP contribution in [0.2, 0.25) is 0 Å². The van der Waals surface area contributed by atoms with Crippen molar-refractivity contribution in [1.29, 1.82) is 0 Å². The van der Waals surface area contributed by atoms with Gasteiger partial charge in [-0.1, -0.05) is 6.07 Å². The summed E-state index contributed by atoms with van der Waals surface area (Å²) in [4.78, 5) is 4.33. The zero-order valence-corrected chi connectivity index (χ0v) is 11.2. The van der Waals surface area contributed by atoms with Crippen molar-refractivity contribution >= 4 is 10.9 Å². The summed E-state index contributed by atoms with van der Waals surface area (Å²) >= 11 is 0. The van der Waals surface area contributed by atoms with Crippen LogP contribution in [-0.2, 0) is 20.5 Å². The van der Waals surface area contributed by atoms with Gasteiger partial charge >= 0.3 is 0 Å². The summed E-state index contributed by atoms with van der Waals surface area (Å²) in [5.41, 5.74) is 8.68. The molecule has 1 atom stereocenters. The van der Waals surface area contributed by atoms with Crippen molar-refractivity contribution in [2.75, 3.05) is 0 Å². The van der Waals surface area contributed by atoms with Crippen LogP contribution in [0.1, 0.15) is 17.4 Å². The molecule has 0 aliphatic rings. The first-order chi connectivity index (χ1) is 9.15. The minimum absolute atomic E-state index is 0.0225. The lowest BCUT2D eigenvalue weighted by Crippen LogP contribution is -2.15. The molecule has 2 aromatic heterocycles. The normalized spacial score (nSPS) is 13.0. The molecule has 0 fully saturated rings. The van der Waals surface area contributed by atoms with Crippen LogP contribution in [0.15, 0.2) is 42.9 Å². The molecule has 1 aromatic carbocycles. The Morgan fingerprint density at radius 1 is 1.16 bits per heavy atom. The maximum Gasteiger partial charge on any atom is 0.110 e. The molecule has 3 rings (SSSR count). The molecule has 4 nitrogen and oxygen atoms in total. The second kappa shape index (κ2) is 4.55. The third kappa shape index (κ3) is 2.15. The molecule has 0 radical (unpaired) electrons. The molecule has 4 heteroatoms. The van der Waals surface area contributed by atoms with Crippen LogP contribution >= 0.6 is 0 Å². The molecule has 0 amide bonds. The number of nitrogens with zero attached hydrogens (tertiary/aromatic N) is 3. The minimum atomic E-state index is -0.0225. The summed E-state index contributed by atoms with van der Waals surface area (Å²) in [7, 11) is 4.05. The van der Waals surface area contributed by atoms with Gasteiger partial charge in [-0.05, 0) is 29.1 Å². The topological polar surface area (TPSA) is 48.8 Å². The predicted molar refractivity (Wildman–Crippen MR) is 76.8 cm³/mol. The van der Waals surface area contributed by atoms with E-state index in [1.54, 1.807) is 0 Å². The molecule has 0 aliphatic carbocycles. The van der Waals surface area contributed by atoms with E-state index >= 15 is 0 Å². The Bertz CT molecular complexity index is 708. The molecule has 0 saturated carbocycles. The number of hydrogen-bond donors (Lipinski definition) is 1. The highest BCUT2D eigenvalue weighted by atomic mass is 15.0. The highest BCUT2D eigenvalue weighted by Crippen LogP contribution is 2.21. The van der Waals surface area contributed by atoms with Crippen LogP contribution < -0.4 is 5.73 Å². The lowest BCUT2D eigenvalue weighted by Gasteiger charge is -2.12. The van der Waals surface area contributed by atoms with Crippen molar-refractivity contribution < 1.29 is 0 Å². The van der Waals surface area contributed by atoms with Crippen molar-refractivity contribution in [1.82, 2.24) is 14.1 Å². The Morgan fingerprint density at radius 2 is 2.00 bits per heavy atom.